The highest BCUT2D eigenvalue weighted by Gasteiger charge is 2.47. The first kappa shape index (κ1) is 22.4. The van der Waals surface area contributed by atoms with Crippen LogP contribution < -0.4 is 0 Å². The van der Waals surface area contributed by atoms with Crippen LogP contribution in [-0.2, 0) is 26.2 Å². The van der Waals surface area contributed by atoms with Crippen molar-refractivity contribution in [2.75, 3.05) is 14.1 Å². The van der Waals surface area contributed by atoms with Gasteiger partial charge in [0, 0.05) is 38.6 Å². The topological polar surface area (TPSA) is 121 Å². The Balaban J connectivity index is 1.79. The number of furan rings is 1. The predicted molar refractivity (Wildman–Crippen MR) is 118 cm³/mol. The van der Waals surface area contributed by atoms with E-state index in [4.69, 9.17) is 4.42 Å². The number of nitrogens with zero attached hydrogens (tertiary/aromatic N) is 3. The van der Waals surface area contributed by atoms with Crippen LogP contribution in [0.25, 0.3) is 5.76 Å². The highest BCUT2D eigenvalue weighted by atomic mass is 32.2. The maximum atomic E-state index is 13.0. The lowest BCUT2D eigenvalue weighted by Gasteiger charge is -2.23. The number of Topliss-reactive ketones (excluding diaryl/α,β-unsaturated/α-hetero) is 1. The second kappa shape index (κ2) is 8.64. The summed E-state index contributed by atoms with van der Waals surface area (Å²) in [6.45, 7) is 0.0839. The number of carbonyl (C=O) groups excluding carboxylic acids is 2. The number of pyridine rings is 1. The third-order valence-electron chi connectivity index (χ3n) is 5.33. The van der Waals surface area contributed by atoms with Crippen molar-refractivity contribution in [3.63, 3.8) is 0 Å². The zero-order valence-electron chi connectivity index (χ0n) is 17.9. The number of aliphatic hydroxyl groups is 1. The lowest BCUT2D eigenvalue weighted by Crippen LogP contribution is -2.29. The molecule has 1 atom stereocenters. The van der Waals surface area contributed by atoms with E-state index in [0.29, 0.717) is 11.3 Å². The van der Waals surface area contributed by atoms with E-state index < -0.39 is 33.5 Å². The molecule has 170 valence electrons. The molecule has 1 amide bonds. The average Bonchev–Trinajstić information content (AvgIpc) is 3.42. The van der Waals surface area contributed by atoms with Gasteiger partial charge in [0.2, 0.25) is 10.0 Å². The first-order valence-electron chi connectivity index (χ1n) is 9.95. The Kier molecular flexibility index (Phi) is 5.88. The second-order valence-electron chi connectivity index (χ2n) is 7.62. The van der Waals surface area contributed by atoms with Gasteiger partial charge in [0.25, 0.3) is 11.7 Å². The summed E-state index contributed by atoms with van der Waals surface area (Å²) in [6, 6.07) is 11.2. The molecule has 4 rings (SSSR count). The molecule has 1 aliphatic heterocycles. The molecule has 0 saturated carbocycles. The van der Waals surface area contributed by atoms with Crippen LogP contribution in [0.5, 0.6) is 0 Å². The van der Waals surface area contributed by atoms with Gasteiger partial charge in [-0.1, -0.05) is 6.07 Å². The van der Waals surface area contributed by atoms with Crippen LogP contribution in [0.2, 0.25) is 0 Å². The summed E-state index contributed by atoms with van der Waals surface area (Å²) in [5.74, 6) is -1.75. The molecule has 33 heavy (non-hydrogen) atoms. The molecule has 1 N–H and O–H groups in total. The van der Waals surface area contributed by atoms with E-state index in [-0.39, 0.29) is 22.6 Å². The van der Waals surface area contributed by atoms with Gasteiger partial charge < -0.3 is 14.4 Å². The molecular weight excluding hydrogens is 446 g/mol. The van der Waals surface area contributed by atoms with Gasteiger partial charge in [0.05, 0.1) is 16.7 Å². The van der Waals surface area contributed by atoms with Crippen molar-refractivity contribution < 1.29 is 27.5 Å². The number of sulfonamides is 1. The van der Waals surface area contributed by atoms with Gasteiger partial charge in [0.1, 0.15) is 17.6 Å². The number of carbonyl (C=O) groups is 2. The number of rotatable bonds is 6. The van der Waals surface area contributed by atoms with E-state index in [0.717, 1.165) is 4.31 Å². The van der Waals surface area contributed by atoms with E-state index >= 15 is 0 Å². The Bertz CT molecular complexity index is 1310. The molecule has 1 aromatic carbocycles. The first-order chi connectivity index (χ1) is 15.7. The lowest BCUT2D eigenvalue weighted by molar-refractivity contribution is -0.140. The summed E-state index contributed by atoms with van der Waals surface area (Å²) in [4.78, 5) is 31.3. The molecule has 0 radical (unpaired) electrons. The Labute approximate surface area is 190 Å². The summed E-state index contributed by atoms with van der Waals surface area (Å²) in [7, 11) is -0.836. The number of amides is 1. The maximum Gasteiger partial charge on any atom is 0.296 e. The normalized spacial score (nSPS) is 18.3. The van der Waals surface area contributed by atoms with Crippen molar-refractivity contribution in [3.8, 4) is 0 Å². The highest BCUT2D eigenvalue weighted by Crippen LogP contribution is 2.40. The Morgan fingerprint density at radius 2 is 1.85 bits per heavy atom. The summed E-state index contributed by atoms with van der Waals surface area (Å²) < 4.78 is 31.2. The molecule has 3 heterocycles. The van der Waals surface area contributed by atoms with Crippen molar-refractivity contribution >= 4 is 27.5 Å². The number of hydrogen-bond donors (Lipinski definition) is 1. The molecule has 0 spiro atoms. The minimum Gasteiger partial charge on any atom is -0.507 e. The molecular formula is C23H21N3O6S. The van der Waals surface area contributed by atoms with Gasteiger partial charge in [-0.2, -0.15) is 0 Å². The van der Waals surface area contributed by atoms with Crippen molar-refractivity contribution in [1.82, 2.24) is 14.2 Å². The van der Waals surface area contributed by atoms with Crippen LogP contribution in [0, 0.1) is 0 Å². The number of likely N-dealkylation sites (tertiary alicyclic amines) is 1. The third-order valence-corrected chi connectivity index (χ3v) is 7.16. The number of aromatic nitrogens is 1. The average molecular weight is 468 g/mol. The second-order valence-corrected chi connectivity index (χ2v) is 9.77. The zero-order valence-corrected chi connectivity index (χ0v) is 18.7. The highest BCUT2D eigenvalue weighted by molar-refractivity contribution is 7.89. The van der Waals surface area contributed by atoms with Crippen molar-refractivity contribution in [2.45, 2.75) is 17.5 Å². The molecule has 1 fully saturated rings. The number of aliphatic hydroxyl groups excluding tert-OH is 1. The minimum absolute atomic E-state index is 0.0312. The minimum atomic E-state index is -3.66. The number of hydrogen-bond acceptors (Lipinski definition) is 7. The smallest absolute Gasteiger partial charge is 0.296 e. The van der Waals surface area contributed by atoms with Crippen LogP contribution in [0.15, 0.2) is 82.1 Å². The molecule has 10 heteroatoms. The quantitative estimate of drug-likeness (QED) is 0.336. The van der Waals surface area contributed by atoms with Gasteiger partial charge in [-0.3, -0.25) is 14.6 Å². The standard InChI is InChI=1S/C23H21N3O6S/c1-25(2)33(30,31)17-9-7-16(8-10-17)21(27)19-20(18-6-4-12-32-18)26(23(29)22(19)28)14-15-5-3-11-24-13-15/h3-13,20,27H,14H2,1-2H3/b21-19+/t20-/m0/s1. The summed E-state index contributed by atoms with van der Waals surface area (Å²) in [6.07, 6.45) is 4.60. The molecule has 1 aliphatic rings. The van der Waals surface area contributed by atoms with Crippen LogP contribution in [0.1, 0.15) is 22.9 Å². The van der Waals surface area contributed by atoms with Crippen molar-refractivity contribution in [1.29, 1.82) is 0 Å². The predicted octanol–water partition coefficient (Wildman–Crippen LogP) is 2.55. The molecule has 0 bridgehead atoms. The zero-order chi connectivity index (χ0) is 23.8. The molecule has 3 aromatic rings. The number of ketones is 1. The SMILES string of the molecule is CN(C)S(=O)(=O)c1ccc(/C(O)=C2\C(=O)C(=O)N(Cc3cccnc3)[C@H]2c2ccco2)cc1. The van der Waals surface area contributed by atoms with Gasteiger partial charge >= 0.3 is 0 Å². The fourth-order valence-electron chi connectivity index (χ4n) is 3.63. The maximum absolute atomic E-state index is 13.0. The molecule has 1 saturated heterocycles. The van der Waals surface area contributed by atoms with Crippen molar-refractivity contribution in [2.24, 2.45) is 0 Å². The van der Waals surface area contributed by atoms with E-state index in [1.54, 1.807) is 36.7 Å². The van der Waals surface area contributed by atoms with Gasteiger partial charge in [0.15, 0.2) is 0 Å². The summed E-state index contributed by atoms with van der Waals surface area (Å²) in [5, 5.41) is 11.0. The van der Waals surface area contributed by atoms with Crippen LogP contribution in [0.3, 0.4) is 0 Å². The van der Waals surface area contributed by atoms with E-state index in [1.807, 2.05) is 0 Å². The largest absolute Gasteiger partial charge is 0.507 e. The Morgan fingerprint density at radius 1 is 1.12 bits per heavy atom. The van der Waals surface area contributed by atoms with E-state index in [2.05, 4.69) is 4.98 Å². The van der Waals surface area contributed by atoms with Gasteiger partial charge in [-0.25, -0.2) is 12.7 Å². The van der Waals surface area contributed by atoms with Crippen molar-refractivity contribution in [3.05, 3.63) is 89.6 Å². The van der Waals surface area contributed by atoms with Gasteiger partial charge in [-0.05, 0) is 48.0 Å². The van der Waals surface area contributed by atoms with E-state index in [1.165, 1.54) is 49.5 Å². The summed E-state index contributed by atoms with van der Waals surface area (Å²) >= 11 is 0. The molecule has 0 aliphatic carbocycles. The molecule has 0 unspecified atom stereocenters. The summed E-state index contributed by atoms with van der Waals surface area (Å²) in [5.41, 5.74) is 0.764. The fraction of sp³-hybridized carbons (Fsp3) is 0.174. The number of benzene rings is 1. The molecule has 2 aromatic heterocycles. The van der Waals surface area contributed by atoms with Gasteiger partial charge in [-0.15, -0.1) is 0 Å². The third kappa shape index (κ3) is 4.06. The Morgan fingerprint density at radius 3 is 2.42 bits per heavy atom. The van der Waals surface area contributed by atoms with Crippen LogP contribution in [0.4, 0.5) is 0 Å². The Hall–Kier alpha value is -3.76. The van der Waals surface area contributed by atoms with Crippen LogP contribution in [-0.4, -0.2) is 53.5 Å². The van der Waals surface area contributed by atoms with Crippen LogP contribution >= 0.6 is 0 Å². The monoisotopic (exact) mass is 467 g/mol. The lowest BCUT2D eigenvalue weighted by atomic mass is 9.99. The first-order valence-corrected chi connectivity index (χ1v) is 11.4. The fourth-order valence-corrected chi connectivity index (χ4v) is 4.53. The van der Waals surface area contributed by atoms with E-state index in [9.17, 15) is 23.1 Å². The molecule has 9 nitrogen and oxygen atoms in total.